The van der Waals surface area contributed by atoms with E-state index in [0.29, 0.717) is 18.5 Å². The summed E-state index contributed by atoms with van der Waals surface area (Å²) in [5.74, 6) is 0.595. The van der Waals surface area contributed by atoms with Gasteiger partial charge in [-0.05, 0) is 36.8 Å². The highest BCUT2D eigenvalue weighted by Gasteiger charge is 2.22. The van der Waals surface area contributed by atoms with E-state index < -0.39 is 0 Å². The van der Waals surface area contributed by atoms with Crippen molar-refractivity contribution in [1.82, 2.24) is 9.97 Å². The molecule has 0 fully saturated rings. The summed E-state index contributed by atoms with van der Waals surface area (Å²) in [6.07, 6.45) is 6.09. The van der Waals surface area contributed by atoms with Crippen molar-refractivity contribution >= 4 is 5.57 Å². The van der Waals surface area contributed by atoms with Gasteiger partial charge in [0.1, 0.15) is 0 Å². The molecule has 1 aliphatic rings. The van der Waals surface area contributed by atoms with Crippen molar-refractivity contribution in [2.75, 3.05) is 14.2 Å². The molecule has 0 spiro atoms. The van der Waals surface area contributed by atoms with Crippen molar-refractivity contribution in [2.45, 2.75) is 45.3 Å². The van der Waals surface area contributed by atoms with Crippen LogP contribution in [-0.2, 0) is 17.8 Å². The van der Waals surface area contributed by atoms with Gasteiger partial charge in [0, 0.05) is 5.56 Å². The number of ether oxygens (including phenoxy) is 3. The van der Waals surface area contributed by atoms with Crippen molar-refractivity contribution in [2.24, 2.45) is 0 Å². The van der Waals surface area contributed by atoms with Gasteiger partial charge in [-0.15, -0.1) is 0 Å². The fourth-order valence-corrected chi connectivity index (χ4v) is 3.25. The summed E-state index contributed by atoms with van der Waals surface area (Å²) < 4.78 is 16.8. The quantitative estimate of drug-likeness (QED) is 0.745. The van der Waals surface area contributed by atoms with E-state index in [-0.39, 0.29) is 6.10 Å². The van der Waals surface area contributed by atoms with Gasteiger partial charge in [0.15, 0.2) is 0 Å². The topological polar surface area (TPSA) is 53.5 Å². The molecule has 1 aromatic heterocycles. The number of aromatic nitrogens is 2. The second-order valence-corrected chi connectivity index (χ2v) is 6.32. The molecule has 26 heavy (non-hydrogen) atoms. The summed E-state index contributed by atoms with van der Waals surface area (Å²) in [5, 5.41) is 0. The Morgan fingerprint density at radius 3 is 2.50 bits per heavy atom. The van der Waals surface area contributed by atoms with Crippen LogP contribution in [0.5, 0.6) is 11.9 Å². The Morgan fingerprint density at radius 2 is 1.88 bits per heavy atom. The van der Waals surface area contributed by atoms with Crippen molar-refractivity contribution in [3.8, 4) is 11.9 Å². The molecule has 0 saturated carbocycles. The third-order valence-corrected chi connectivity index (χ3v) is 4.67. The minimum atomic E-state index is 0.245. The molecule has 1 unspecified atom stereocenters. The lowest BCUT2D eigenvalue weighted by atomic mass is 9.92. The van der Waals surface area contributed by atoms with E-state index in [1.54, 1.807) is 14.2 Å². The first-order chi connectivity index (χ1) is 12.7. The molecular formula is C21H26N2O3. The van der Waals surface area contributed by atoms with Crippen LogP contribution in [0.25, 0.3) is 5.57 Å². The van der Waals surface area contributed by atoms with E-state index in [2.05, 4.69) is 35.1 Å². The first-order valence-electron chi connectivity index (χ1n) is 9.09. The van der Waals surface area contributed by atoms with Crippen LogP contribution < -0.4 is 9.47 Å². The molecule has 1 aromatic carbocycles. The van der Waals surface area contributed by atoms with E-state index in [4.69, 9.17) is 14.2 Å². The molecule has 3 rings (SSSR count). The van der Waals surface area contributed by atoms with Crippen LogP contribution in [0.15, 0.2) is 36.4 Å². The first kappa shape index (κ1) is 18.4. The number of methoxy groups -OCH3 is 2. The average molecular weight is 354 g/mol. The minimum absolute atomic E-state index is 0.245. The van der Waals surface area contributed by atoms with Gasteiger partial charge in [0.05, 0.1) is 32.6 Å². The summed E-state index contributed by atoms with van der Waals surface area (Å²) in [7, 11) is 3.21. The fourth-order valence-electron chi connectivity index (χ4n) is 3.25. The number of benzene rings is 1. The average Bonchev–Trinajstić information content (AvgIpc) is 2.72. The summed E-state index contributed by atoms with van der Waals surface area (Å²) in [5.41, 5.74) is 4.40. The molecule has 1 heterocycles. The van der Waals surface area contributed by atoms with Crippen LogP contribution in [0.3, 0.4) is 0 Å². The van der Waals surface area contributed by atoms with E-state index in [1.165, 1.54) is 11.1 Å². The monoisotopic (exact) mass is 354 g/mol. The molecule has 1 atom stereocenters. The second kappa shape index (κ2) is 8.81. The largest absolute Gasteiger partial charge is 0.481 e. The smallest absolute Gasteiger partial charge is 0.320 e. The minimum Gasteiger partial charge on any atom is -0.481 e. The summed E-state index contributed by atoms with van der Waals surface area (Å²) >= 11 is 0. The summed E-state index contributed by atoms with van der Waals surface area (Å²) in [6, 6.07) is 10.6. The predicted molar refractivity (Wildman–Crippen MR) is 101 cm³/mol. The maximum Gasteiger partial charge on any atom is 0.320 e. The third-order valence-electron chi connectivity index (χ3n) is 4.67. The van der Waals surface area contributed by atoms with E-state index >= 15 is 0 Å². The molecule has 138 valence electrons. The lowest BCUT2D eigenvalue weighted by Gasteiger charge is -2.23. The van der Waals surface area contributed by atoms with Crippen LogP contribution in [-0.4, -0.2) is 30.3 Å². The van der Waals surface area contributed by atoms with Gasteiger partial charge in [-0.25, -0.2) is 0 Å². The van der Waals surface area contributed by atoms with Crippen molar-refractivity contribution in [3.63, 3.8) is 0 Å². The molecule has 5 nitrogen and oxygen atoms in total. The number of hydrogen-bond acceptors (Lipinski definition) is 5. The normalized spacial score (nSPS) is 16.9. The molecular weight excluding hydrogens is 328 g/mol. The first-order valence-corrected chi connectivity index (χ1v) is 9.09. The van der Waals surface area contributed by atoms with Crippen LogP contribution >= 0.6 is 0 Å². The summed E-state index contributed by atoms with van der Waals surface area (Å²) in [6.45, 7) is 2.75. The predicted octanol–water partition coefficient (Wildman–Crippen LogP) is 4.21. The van der Waals surface area contributed by atoms with Gasteiger partial charge in [-0.2, -0.15) is 9.97 Å². The zero-order chi connectivity index (χ0) is 18.4. The highest BCUT2D eigenvalue weighted by molar-refractivity contribution is 5.67. The van der Waals surface area contributed by atoms with Gasteiger partial charge in [-0.1, -0.05) is 43.3 Å². The van der Waals surface area contributed by atoms with Crippen LogP contribution in [0, 0.1) is 0 Å². The highest BCUT2D eigenvalue weighted by atomic mass is 16.5. The third kappa shape index (κ3) is 4.22. The molecule has 2 aromatic rings. The van der Waals surface area contributed by atoms with Gasteiger partial charge in [-0.3, -0.25) is 0 Å². The maximum absolute atomic E-state index is 6.07. The number of allylic oxidation sites excluding steroid dienone is 1. The lowest BCUT2D eigenvalue weighted by Crippen LogP contribution is -2.16. The van der Waals surface area contributed by atoms with Crippen molar-refractivity contribution in [3.05, 3.63) is 53.2 Å². The van der Waals surface area contributed by atoms with Gasteiger partial charge in [0.25, 0.3) is 0 Å². The van der Waals surface area contributed by atoms with Crippen molar-refractivity contribution < 1.29 is 14.2 Å². The standard InChI is InChI=1S/C21H26N2O3/c1-4-18-19(22-21(25-3)23-20(18)24-2)16-10-12-17(13-11-16)26-14-15-8-6-5-7-9-15/h5-10,17H,4,11-14H2,1-3H3. The van der Waals surface area contributed by atoms with Gasteiger partial charge >= 0.3 is 6.01 Å². The Labute approximate surface area is 155 Å². The fraction of sp³-hybridized carbons (Fsp3) is 0.429. The molecule has 0 radical (unpaired) electrons. The van der Waals surface area contributed by atoms with Crippen molar-refractivity contribution in [1.29, 1.82) is 0 Å². The molecule has 0 bridgehead atoms. The van der Waals surface area contributed by atoms with E-state index in [9.17, 15) is 0 Å². The van der Waals surface area contributed by atoms with Crippen LogP contribution in [0.2, 0.25) is 0 Å². The molecule has 0 saturated heterocycles. The molecule has 1 aliphatic carbocycles. The van der Waals surface area contributed by atoms with E-state index in [1.807, 2.05) is 18.2 Å². The number of rotatable bonds is 7. The van der Waals surface area contributed by atoms with Crippen LogP contribution in [0.4, 0.5) is 0 Å². The zero-order valence-electron chi connectivity index (χ0n) is 15.7. The number of nitrogens with zero attached hydrogens (tertiary/aromatic N) is 2. The molecule has 0 aliphatic heterocycles. The Kier molecular flexibility index (Phi) is 6.23. The maximum atomic E-state index is 6.07. The zero-order valence-corrected chi connectivity index (χ0v) is 15.7. The lowest BCUT2D eigenvalue weighted by molar-refractivity contribution is 0.0359. The Hall–Kier alpha value is -2.40. The summed E-state index contributed by atoms with van der Waals surface area (Å²) in [4.78, 5) is 8.90. The Balaban J connectivity index is 1.72. The van der Waals surface area contributed by atoms with Gasteiger partial charge < -0.3 is 14.2 Å². The van der Waals surface area contributed by atoms with E-state index in [0.717, 1.165) is 36.9 Å². The Bertz CT molecular complexity index is 759. The van der Waals surface area contributed by atoms with Crippen LogP contribution in [0.1, 0.15) is 43.0 Å². The highest BCUT2D eigenvalue weighted by Crippen LogP contribution is 2.33. The van der Waals surface area contributed by atoms with Gasteiger partial charge in [0.2, 0.25) is 5.88 Å². The molecule has 0 amide bonds. The number of hydrogen-bond donors (Lipinski definition) is 0. The Morgan fingerprint density at radius 1 is 1.08 bits per heavy atom. The SMILES string of the molecule is CCc1c(OC)nc(OC)nc1C1=CCC(OCc2ccccc2)CC1. The molecule has 0 N–H and O–H groups in total. The second-order valence-electron chi connectivity index (χ2n) is 6.32. The molecule has 5 heteroatoms.